The molecule has 114 valence electrons. The Morgan fingerprint density at radius 2 is 1.77 bits per heavy atom. The Hall–Kier alpha value is -2.34. The van der Waals surface area contributed by atoms with Gasteiger partial charge in [0, 0.05) is 5.57 Å². The summed E-state index contributed by atoms with van der Waals surface area (Å²) >= 11 is 0. The lowest BCUT2D eigenvalue weighted by Gasteiger charge is -2.23. The summed E-state index contributed by atoms with van der Waals surface area (Å²) in [6.45, 7) is 3.47. The molecule has 1 unspecified atom stereocenters. The SMILES string of the molecule is CC1=CC(c2ccco2)N(S(=O)(=O)c2ccc(C)cc2)C1=O. The van der Waals surface area contributed by atoms with Crippen LogP contribution in [0.25, 0.3) is 0 Å². The van der Waals surface area contributed by atoms with Crippen molar-refractivity contribution in [2.45, 2.75) is 24.8 Å². The van der Waals surface area contributed by atoms with Crippen LogP contribution in [0, 0.1) is 6.92 Å². The third-order valence-corrected chi connectivity index (χ3v) is 5.39. The monoisotopic (exact) mass is 317 g/mol. The quantitative estimate of drug-likeness (QED) is 0.873. The summed E-state index contributed by atoms with van der Waals surface area (Å²) in [5, 5.41) is 0. The van der Waals surface area contributed by atoms with Crippen molar-refractivity contribution in [3.8, 4) is 0 Å². The Morgan fingerprint density at radius 3 is 2.36 bits per heavy atom. The first-order chi connectivity index (χ1) is 10.4. The Bertz CT molecular complexity index is 833. The van der Waals surface area contributed by atoms with E-state index in [0.29, 0.717) is 11.3 Å². The van der Waals surface area contributed by atoms with Crippen LogP contribution >= 0.6 is 0 Å². The molecule has 1 amide bonds. The molecule has 0 radical (unpaired) electrons. The van der Waals surface area contributed by atoms with E-state index in [1.807, 2.05) is 6.92 Å². The second kappa shape index (κ2) is 5.14. The number of nitrogens with zero attached hydrogens (tertiary/aromatic N) is 1. The van der Waals surface area contributed by atoms with Gasteiger partial charge in [0.15, 0.2) is 0 Å². The maximum Gasteiger partial charge on any atom is 0.267 e. The van der Waals surface area contributed by atoms with Gasteiger partial charge in [0.1, 0.15) is 11.8 Å². The van der Waals surface area contributed by atoms with Crippen LogP contribution < -0.4 is 0 Å². The highest BCUT2D eigenvalue weighted by molar-refractivity contribution is 7.89. The van der Waals surface area contributed by atoms with Crippen molar-refractivity contribution in [1.29, 1.82) is 0 Å². The van der Waals surface area contributed by atoms with Gasteiger partial charge in [0.05, 0.1) is 11.2 Å². The predicted octanol–water partition coefficient (Wildman–Crippen LogP) is 2.81. The van der Waals surface area contributed by atoms with E-state index in [9.17, 15) is 13.2 Å². The number of hydrogen-bond acceptors (Lipinski definition) is 4. The first-order valence-corrected chi connectivity index (χ1v) is 8.22. The molecule has 0 aliphatic carbocycles. The minimum atomic E-state index is -3.94. The highest BCUT2D eigenvalue weighted by Gasteiger charge is 2.41. The molecule has 0 N–H and O–H groups in total. The molecule has 1 atom stereocenters. The van der Waals surface area contributed by atoms with Crippen molar-refractivity contribution in [3.63, 3.8) is 0 Å². The van der Waals surface area contributed by atoms with Crippen molar-refractivity contribution in [1.82, 2.24) is 4.31 Å². The number of sulfonamides is 1. The smallest absolute Gasteiger partial charge is 0.267 e. The molecule has 1 aromatic heterocycles. The van der Waals surface area contributed by atoms with Crippen molar-refractivity contribution in [2.75, 3.05) is 0 Å². The van der Waals surface area contributed by atoms with Crippen LogP contribution in [0.2, 0.25) is 0 Å². The van der Waals surface area contributed by atoms with Gasteiger partial charge < -0.3 is 4.42 Å². The van der Waals surface area contributed by atoms with E-state index in [1.54, 1.807) is 37.3 Å². The van der Waals surface area contributed by atoms with Crippen LogP contribution in [0.4, 0.5) is 0 Å². The molecule has 1 aliphatic rings. The summed E-state index contributed by atoms with van der Waals surface area (Å²) in [5.41, 5.74) is 1.33. The molecule has 0 fully saturated rings. The standard InChI is InChI=1S/C16H15NO4S/c1-11-5-7-13(8-6-11)22(19,20)17-14(10-12(2)16(17)18)15-4-3-9-21-15/h3-10,14H,1-2H3. The van der Waals surface area contributed by atoms with E-state index in [-0.39, 0.29) is 4.90 Å². The normalized spacial score (nSPS) is 18.6. The van der Waals surface area contributed by atoms with Gasteiger partial charge in [-0.2, -0.15) is 0 Å². The Balaban J connectivity index is 2.08. The molecular weight excluding hydrogens is 302 g/mol. The summed E-state index contributed by atoms with van der Waals surface area (Å²) in [5.74, 6) is -0.108. The maximum atomic E-state index is 12.8. The van der Waals surface area contributed by atoms with Crippen molar-refractivity contribution < 1.29 is 17.6 Å². The second-order valence-electron chi connectivity index (χ2n) is 5.23. The fourth-order valence-electron chi connectivity index (χ4n) is 2.42. The molecule has 1 aliphatic heterocycles. The molecule has 0 saturated carbocycles. The van der Waals surface area contributed by atoms with Gasteiger partial charge in [-0.05, 0) is 44.2 Å². The van der Waals surface area contributed by atoms with Crippen LogP contribution in [0.5, 0.6) is 0 Å². The van der Waals surface area contributed by atoms with Crippen LogP contribution in [0.3, 0.4) is 0 Å². The molecule has 5 nitrogen and oxygen atoms in total. The largest absolute Gasteiger partial charge is 0.467 e. The number of rotatable bonds is 3. The molecule has 0 bridgehead atoms. The third-order valence-electron chi connectivity index (χ3n) is 3.61. The van der Waals surface area contributed by atoms with Gasteiger partial charge in [0.2, 0.25) is 0 Å². The van der Waals surface area contributed by atoms with Crippen molar-refractivity contribution in [3.05, 3.63) is 65.6 Å². The Morgan fingerprint density at radius 1 is 1.09 bits per heavy atom. The molecule has 0 spiro atoms. The average molecular weight is 317 g/mol. The lowest BCUT2D eigenvalue weighted by atomic mass is 10.2. The lowest BCUT2D eigenvalue weighted by Crippen LogP contribution is -2.35. The molecule has 2 heterocycles. The number of hydrogen-bond donors (Lipinski definition) is 0. The zero-order valence-electron chi connectivity index (χ0n) is 12.2. The molecule has 1 aromatic carbocycles. The van der Waals surface area contributed by atoms with Crippen LogP contribution in [0.15, 0.2) is 63.6 Å². The highest BCUT2D eigenvalue weighted by Crippen LogP contribution is 2.36. The third kappa shape index (κ3) is 2.25. The topological polar surface area (TPSA) is 67.6 Å². The minimum absolute atomic E-state index is 0.0890. The fourth-order valence-corrected chi connectivity index (χ4v) is 3.95. The van der Waals surface area contributed by atoms with Gasteiger partial charge in [-0.3, -0.25) is 4.79 Å². The number of amides is 1. The maximum absolute atomic E-state index is 12.8. The molecule has 6 heteroatoms. The van der Waals surface area contributed by atoms with Crippen LogP contribution in [-0.2, 0) is 14.8 Å². The van der Waals surface area contributed by atoms with E-state index in [4.69, 9.17) is 4.42 Å². The van der Waals surface area contributed by atoms with E-state index < -0.39 is 22.0 Å². The van der Waals surface area contributed by atoms with Crippen LogP contribution in [0.1, 0.15) is 24.3 Å². The summed E-state index contributed by atoms with van der Waals surface area (Å²) in [4.78, 5) is 12.4. The van der Waals surface area contributed by atoms with E-state index >= 15 is 0 Å². The fraction of sp³-hybridized carbons (Fsp3) is 0.188. The average Bonchev–Trinajstić information content (AvgIpc) is 3.09. The molecular formula is C16H15NO4S. The minimum Gasteiger partial charge on any atom is -0.467 e. The predicted molar refractivity (Wildman–Crippen MR) is 80.4 cm³/mol. The zero-order valence-corrected chi connectivity index (χ0v) is 13.0. The second-order valence-corrected chi connectivity index (χ2v) is 7.04. The summed E-state index contributed by atoms with van der Waals surface area (Å²) in [6, 6.07) is 9.00. The van der Waals surface area contributed by atoms with Crippen LogP contribution in [-0.4, -0.2) is 18.6 Å². The van der Waals surface area contributed by atoms with Gasteiger partial charge in [-0.15, -0.1) is 0 Å². The van der Waals surface area contributed by atoms with Crippen molar-refractivity contribution >= 4 is 15.9 Å². The van der Waals surface area contributed by atoms with Gasteiger partial charge in [-0.25, -0.2) is 12.7 Å². The van der Waals surface area contributed by atoms with E-state index in [0.717, 1.165) is 9.87 Å². The number of aryl methyl sites for hydroxylation is 1. The first kappa shape index (κ1) is 14.6. The molecule has 22 heavy (non-hydrogen) atoms. The van der Waals surface area contributed by atoms with Gasteiger partial charge in [0.25, 0.3) is 15.9 Å². The Labute approximate surface area is 128 Å². The molecule has 2 aromatic rings. The van der Waals surface area contributed by atoms with Gasteiger partial charge >= 0.3 is 0 Å². The molecule has 0 saturated heterocycles. The number of carbonyl (C=O) groups is 1. The number of furan rings is 1. The summed E-state index contributed by atoms with van der Waals surface area (Å²) in [6.07, 6.45) is 3.06. The Kier molecular flexibility index (Phi) is 3.41. The molecule has 3 rings (SSSR count). The van der Waals surface area contributed by atoms with Crippen molar-refractivity contribution in [2.24, 2.45) is 0 Å². The number of carbonyl (C=O) groups excluding carboxylic acids is 1. The highest BCUT2D eigenvalue weighted by atomic mass is 32.2. The lowest BCUT2D eigenvalue weighted by molar-refractivity contribution is -0.122. The van der Waals surface area contributed by atoms with E-state index in [2.05, 4.69) is 0 Å². The zero-order chi connectivity index (χ0) is 15.9. The summed E-state index contributed by atoms with van der Waals surface area (Å²) in [7, 11) is -3.94. The van der Waals surface area contributed by atoms with E-state index in [1.165, 1.54) is 18.4 Å². The summed E-state index contributed by atoms with van der Waals surface area (Å²) < 4.78 is 31.8. The number of benzene rings is 1. The first-order valence-electron chi connectivity index (χ1n) is 6.78. The van der Waals surface area contributed by atoms with Gasteiger partial charge in [-0.1, -0.05) is 17.7 Å².